The summed E-state index contributed by atoms with van der Waals surface area (Å²) >= 11 is 2.31. The lowest BCUT2D eigenvalue weighted by atomic mass is 10.3. The van der Waals surface area contributed by atoms with Gasteiger partial charge >= 0.3 is 0 Å². The van der Waals surface area contributed by atoms with Gasteiger partial charge in [-0.3, -0.25) is 0 Å². The van der Waals surface area contributed by atoms with Crippen molar-refractivity contribution in [1.29, 1.82) is 0 Å². The van der Waals surface area contributed by atoms with E-state index in [2.05, 4.69) is 22.6 Å². The molecule has 1 fully saturated rings. The predicted octanol–water partition coefficient (Wildman–Crippen LogP) is 2.31. The van der Waals surface area contributed by atoms with Gasteiger partial charge in [0.05, 0.1) is 0 Å². The van der Waals surface area contributed by atoms with Crippen LogP contribution < -0.4 is 0 Å². The van der Waals surface area contributed by atoms with E-state index in [-0.39, 0.29) is 0 Å². The summed E-state index contributed by atoms with van der Waals surface area (Å²) in [6, 6.07) is 0. The Labute approximate surface area is 56.6 Å². The number of alkyl halides is 2. The van der Waals surface area contributed by atoms with E-state index in [1.807, 2.05) is 0 Å². The van der Waals surface area contributed by atoms with Crippen LogP contribution in [0.1, 0.15) is 19.3 Å². The van der Waals surface area contributed by atoms with E-state index in [9.17, 15) is 4.39 Å². The van der Waals surface area contributed by atoms with Crippen LogP contribution in [0.25, 0.3) is 0 Å². The van der Waals surface area contributed by atoms with Gasteiger partial charge in [0, 0.05) is 3.92 Å². The first-order valence-electron chi connectivity index (χ1n) is 2.57. The van der Waals surface area contributed by atoms with E-state index >= 15 is 0 Å². The molecule has 1 aliphatic carbocycles. The Hall–Kier alpha value is 0.660. The third kappa shape index (κ3) is 1.55. The summed E-state index contributed by atoms with van der Waals surface area (Å²) in [5, 5.41) is 0. The zero-order valence-electron chi connectivity index (χ0n) is 4.03. The summed E-state index contributed by atoms with van der Waals surface area (Å²) in [7, 11) is 0. The van der Waals surface area contributed by atoms with Gasteiger partial charge in [0.15, 0.2) is 0 Å². The highest BCUT2D eigenvalue weighted by Crippen LogP contribution is 2.27. The molecular weight excluding hydrogens is 206 g/mol. The van der Waals surface area contributed by atoms with E-state index in [0.717, 1.165) is 19.3 Å². The van der Waals surface area contributed by atoms with Gasteiger partial charge in [-0.1, -0.05) is 22.6 Å². The van der Waals surface area contributed by atoms with Crippen molar-refractivity contribution in [2.75, 3.05) is 0 Å². The highest BCUT2D eigenvalue weighted by atomic mass is 127. The molecule has 0 aromatic rings. The van der Waals surface area contributed by atoms with Crippen LogP contribution in [-0.2, 0) is 0 Å². The minimum absolute atomic E-state index is 0.484. The smallest absolute Gasteiger partial charge is 0.101 e. The Morgan fingerprint density at radius 3 is 2.29 bits per heavy atom. The maximum atomic E-state index is 12.2. The van der Waals surface area contributed by atoms with Gasteiger partial charge in [-0.2, -0.15) is 0 Å². The Kier molecular flexibility index (Phi) is 1.89. The molecule has 0 nitrogen and oxygen atoms in total. The SMILES string of the molecule is FC1CCC(I)C1. The van der Waals surface area contributed by atoms with Crippen molar-refractivity contribution in [2.45, 2.75) is 29.4 Å². The quantitative estimate of drug-likeness (QED) is 0.428. The highest BCUT2D eigenvalue weighted by Gasteiger charge is 2.20. The lowest BCUT2D eigenvalue weighted by Crippen LogP contribution is -1.91. The molecule has 1 saturated carbocycles. The van der Waals surface area contributed by atoms with Gasteiger partial charge in [0.25, 0.3) is 0 Å². The van der Waals surface area contributed by atoms with Crippen LogP contribution >= 0.6 is 22.6 Å². The van der Waals surface area contributed by atoms with Crippen molar-refractivity contribution < 1.29 is 4.39 Å². The number of hydrogen-bond donors (Lipinski definition) is 0. The lowest BCUT2D eigenvalue weighted by molar-refractivity contribution is 0.344. The van der Waals surface area contributed by atoms with Crippen molar-refractivity contribution in [3.05, 3.63) is 0 Å². The van der Waals surface area contributed by atoms with Gasteiger partial charge in [-0.25, -0.2) is 4.39 Å². The molecule has 2 atom stereocenters. The van der Waals surface area contributed by atoms with E-state index in [1.165, 1.54) is 0 Å². The predicted molar refractivity (Wildman–Crippen MR) is 36.6 cm³/mol. The van der Waals surface area contributed by atoms with Crippen LogP contribution in [0.3, 0.4) is 0 Å². The summed E-state index contributed by atoms with van der Waals surface area (Å²) in [6.07, 6.45) is 2.19. The van der Waals surface area contributed by atoms with E-state index in [0.29, 0.717) is 3.92 Å². The molecule has 7 heavy (non-hydrogen) atoms. The Balaban J connectivity index is 2.26. The number of rotatable bonds is 0. The maximum Gasteiger partial charge on any atom is 0.101 e. The second-order valence-electron chi connectivity index (χ2n) is 2.01. The molecular formula is C5H8FI. The van der Waals surface area contributed by atoms with Crippen LogP contribution in [0, 0.1) is 0 Å². The van der Waals surface area contributed by atoms with Crippen molar-refractivity contribution in [3.63, 3.8) is 0 Å². The molecule has 0 saturated heterocycles. The fraction of sp³-hybridized carbons (Fsp3) is 1.00. The molecule has 0 N–H and O–H groups in total. The van der Waals surface area contributed by atoms with Gasteiger partial charge < -0.3 is 0 Å². The number of hydrogen-bond acceptors (Lipinski definition) is 0. The fourth-order valence-electron chi connectivity index (χ4n) is 0.875. The van der Waals surface area contributed by atoms with Gasteiger partial charge in [-0.05, 0) is 19.3 Å². The second-order valence-corrected chi connectivity index (χ2v) is 3.77. The average molecular weight is 214 g/mol. The molecule has 0 aromatic carbocycles. The first-order chi connectivity index (χ1) is 3.29. The third-order valence-electron chi connectivity index (χ3n) is 1.30. The first kappa shape index (κ1) is 5.79. The van der Waals surface area contributed by atoms with Crippen LogP contribution in [0.15, 0.2) is 0 Å². The summed E-state index contributed by atoms with van der Waals surface area (Å²) < 4.78 is 12.8. The summed E-state index contributed by atoms with van der Waals surface area (Å²) in [4.78, 5) is 0. The molecule has 0 radical (unpaired) electrons. The number of halogens is 2. The van der Waals surface area contributed by atoms with Crippen LogP contribution in [0.5, 0.6) is 0 Å². The lowest BCUT2D eigenvalue weighted by Gasteiger charge is -1.91. The summed E-state index contributed by atoms with van der Waals surface area (Å²) in [5.74, 6) is 0. The first-order valence-corrected chi connectivity index (χ1v) is 3.82. The average Bonchev–Trinajstić information content (AvgIpc) is 1.87. The minimum atomic E-state index is -0.484. The van der Waals surface area contributed by atoms with Crippen LogP contribution in [-0.4, -0.2) is 10.1 Å². The molecule has 2 heteroatoms. The standard InChI is InChI=1S/C5H8FI/c6-4-1-2-5(7)3-4/h4-5H,1-3H2. The molecule has 0 aliphatic heterocycles. The largest absolute Gasteiger partial charge is 0.247 e. The molecule has 0 spiro atoms. The topological polar surface area (TPSA) is 0 Å². The summed E-state index contributed by atoms with van der Waals surface area (Å²) in [6.45, 7) is 0. The Morgan fingerprint density at radius 2 is 2.14 bits per heavy atom. The van der Waals surface area contributed by atoms with Gasteiger partial charge in [0.2, 0.25) is 0 Å². The molecule has 1 aliphatic rings. The van der Waals surface area contributed by atoms with Crippen molar-refractivity contribution in [1.82, 2.24) is 0 Å². The third-order valence-corrected chi connectivity index (χ3v) is 2.44. The van der Waals surface area contributed by atoms with Gasteiger partial charge in [0.1, 0.15) is 6.17 Å². The molecule has 0 amide bonds. The zero-order valence-corrected chi connectivity index (χ0v) is 6.19. The van der Waals surface area contributed by atoms with Crippen LogP contribution in [0.2, 0.25) is 0 Å². The molecule has 0 aromatic heterocycles. The van der Waals surface area contributed by atoms with Crippen molar-refractivity contribution in [3.8, 4) is 0 Å². The van der Waals surface area contributed by atoms with E-state index < -0.39 is 6.17 Å². The Bertz CT molecular complexity index is 57.1. The molecule has 42 valence electrons. The molecule has 0 heterocycles. The van der Waals surface area contributed by atoms with Crippen molar-refractivity contribution >= 4 is 22.6 Å². The highest BCUT2D eigenvalue weighted by molar-refractivity contribution is 14.1. The second kappa shape index (κ2) is 2.29. The molecule has 2 unspecified atom stereocenters. The monoisotopic (exact) mass is 214 g/mol. The molecule has 0 bridgehead atoms. The zero-order chi connectivity index (χ0) is 5.28. The van der Waals surface area contributed by atoms with Crippen LogP contribution in [0.4, 0.5) is 4.39 Å². The van der Waals surface area contributed by atoms with Crippen molar-refractivity contribution in [2.24, 2.45) is 0 Å². The maximum absolute atomic E-state index is 12.2. The van der Waals surface area contributed by atoms with E-state index in [4.69, 9.17) is 0 Å². The fourth-order valence-corrected chi connectivity index (χ4v) is 1.79. The molecule has 1 rings (SSSR count). The normalized spacial score (nSPS) is 42.0. The minimum Gasteiger partial charge on any atom is -0.247 e. The van der Waals surface area contributed by atoms with E-state index in [1.54, 1.807) is 0 Å². The van der Waals surface area contributed by atoms with Gasteiger partial charge in [-0.15, -0.1) is 0 Å². The Morgan fingerprint density at radius 1 is 1.43 bits per heavy atom. The summed E-state index contributed by atoms with van der Waals surface area (Å²) in [5.41, 5.74) is 0.